The predicted molar refractivity (Wildman–Crippen MR) is 99.4 cm³/mol. The van der Waals surface area contributed by atoms with Gasteiger partial charge in [-0.2, -0.15) is 0 Å². The standard InChI is InChI=1S/C19H29ClO8/c1-10-8-19(20,18(24)25-6)28-17(15(10)7-11(2)21)12(3)16(27-14(5)23)9-26-13(4)22/h10,12,15-17H,7-9H2,1-6H3/t10-,12+,15+,16+,17-,19+/m0/s1. The summed E-state index contributed by atoms with van der Waals surface area (Å²) in [6.45, 7) is 7.40. The number of Topliss-reactive ketones (excluding diaryl/α,β-unsaturated/α-hetero) is 1. The summed E-state index contributed by atoms with van der Waals surface area (Å²) in [5.41, 5.74) is 0. The second-order valence-corrected chi connectivity index (χ2v) is 7.97. The Morgan fingerprint density at radius 3 is 2.25 bits per heavy atom. The van der Waals surface area contributed by atoms with E-state index in [1.165, 1.54) is 27.9 Å². The molecule has 0 aliphatic carbocycles. The topological polar surface area (TPSA) is 105 Å². The molecule has 0 saturated carbocycles. The molecule has 1 heterocycles. The van der Waals surface area contributed by atoms with Crippen LogP contribution in [0.15, 0.2) is 0 Å². The molecule has 0 aromatic heterocycles. The van der Waals surface area contributed by atoms with Gasteiger partial charge < -0.3 is 23.7 Å². The number of alkyl halides is 1. The third-order valence-corrected chi connectivity index (χ3v) is 5.34. The molecule has 0 aromatic rings. The Hall–Kier alpha value is -1.67. The zero-order valence-electron chi connectivity index (χ0n) is 17.2. The van der Waals surface area contributed by atoms with Gasteiger partial charge in [-0.05, 0) is 18.8 Å². The minimum atomic E-state index is -1.71. The number of esters is 3. The first kappa shape index (κ1) is 24.4. The highest BCUT2D eigenvalue weighted by Gasteiger charge is 2.52. The predicted octanol–water partition coefficient (Wildman–Crippen LogP) is 2.25. The van der Waals surface area contributed by atoms with Gasteiger partial charge in [0.05, 0.1) is 13.2 Å². The summed E-state index contributed by atoms with van der Waals surface area (Å²) < 4.78 is 21.1. The fourth-order valence-corrected chi connectivity index (χ4v) is 4.01. The maximum atomic E-state index is 12.2. The van der Waals surface area contributed by atoms with E-state index in [1.807, 2.05) is 6.92 Å². The van der Waals surface area contributed by atoms with E-state index in [1.54, 1.807) is 6.92 Å². The summed E-state index contributed by atoms with van der Waals surface area (Å²) >= 11 is 6.42. The van der Waals surface area contributed by atoms with Crippen LogP contribution in [-0.4, -0.2) is 54.7 Å². The number of hydrogen-bond donors (Lipinski definition) is 0. The van der Waals surface area contributed by atoms with E-state index < -0.39 is 41.1 Å². The highest BCUT2D eigenvalue weighted by atomic mass is 35.5. The Bertz CT molecular complexity index is 607. The zero-order chi connectivity index (χ0) is 21.6. The summed E-state index contributed by atoms with van der Waals surface area (Å²) in [6, 6.07) is 0. The molecule has 1 aliphatic heterocycles. The molecule has 0 radical (unpaired) electrons. The van der Waals surface area contributed by atoms with Crippen molar-refractivity contribution >= 4 is 35.3 Å². The molecule has 160 valence electrons. The van der Waals surface area contributed by atoms with E-state index in [4.69, 9.17) is 30.5 Å². The van der Waals surface area contributed by atoms with Gasteiger partial charge in [0.25, 0.3) is 0 Å². The summed E-state index contributed by atoms with van der Waals surface area (Å²) in [7, 11) is 1.21. The fraction of sp³-hybridized carbons (Fsp3) is 0.789. The monoisotopic (exact) mass is 420 g/mol. The van der Waals surface area contributed by atoms with E-state index in [0.29, 0.717) is 0 Å². The van der Waals surface area contributed by atoms with Crippen LogP contribution in [-0.2, 0) is 38.1 Å². The molecule has 1 fully saturated rings. The molecule has 6 atom stereocenters. The minimum absolute atomic E-state index is 0.0400. The molecular weight excluding hydrogens is 392 g/mol. The third kappa shape index (κ3) is 6.44. The fourth-order valence-electron chi connectivity index (χ4n) is 3.59. The van der Waals surface area contributed by atoms with Crippen LogP contribution >= 0.6 is 11.6 Å². The van der Waals surface area contributed by atoms with Crippen molar-refractivity contribution in [3.63, 3.8) is 0 Å². The molecule has 0 amide bonds. The van der Waals surface area contributed by atoms with Crippen LogP contribution in [0.1, 0.15) is 47.5 Å². The van der Waals surface area contributed by atoms with Crippen molar-refractivity contribution in [3.8, 4) is 0 Å². The van der Waals surface area contributed by atoms with Gasteiger partial charge in [0.1, 0.15) is 18.5 Å². The Kier molecular flexibility index (Phi) is 8.88. The van der Waals surface area contributed by atoms with E-state index in [0.717, 1.165) is 0 Å². The van der Waals surface area contributed by atoms with Crippen LogP contribution in [0.5, 0.6) is 0 Å². The lowest BCUT2D eigenvalue weighted by molar-refractivity contribution is -0.201. The molecule has 0 unspecified atom stereocenters. The summed E-state index contributed by atoms with van der Waals surface area (Å²) in [6.07, 6.45) is -1.15. The van der Waals surface area contributed by atoms with E-state index in [-0.39, 0.29) is 37.1 Å². The lowest BCUT2D eigenvalue weighted by atomic mass is 9.74. The molecular formula is C19H29ClO8. The first-order valence-electron chi connectivity index (χ1n) is 9.16. The third-order valence-electron chi connectivity index (χ3n) is 4.95. The Morgan fingerprint density at radius 1 is 1.18 bits per heavy atom. The summed E-state index contributed by atoms with van der Waals surface area (Å²) in [5, 5.41) is -1.71. The smallest absolute Gasteiger partial charge is 0.354 e. The van der Waals surface area contributed by atoms with E-state index in [2.05, 4.69) is 0 Å². The zero-order valence-corrected chi connectivity index (χ0v) is 17.9. The van der Waals surface area contributed by atoms with E-state index >= 15 is 0 Å². The highest BCUT2D eigenvalue weighted by Crippen LogP contribution is 2.44. The number of methoxy groups -OCH3 is 1. The quantitative estimate of drug-likeness (QED) is 0.334. The first-order valence-corrected chi connectivity index (χ1v) is 9.54. The number of carbonyl (C=O) groups excluding carboxylic acids is 4. The molecule has 28 heavy (non-hydrogen) atoms. The van der Waals surface area contributed by atoms with Crippen LogP contribution in [0.4, 0.5) is 0 Å². The molecule has 9 heteroatoms. The lowest BCUT2D eigenvalue weighted by Crippen LogP contribution is -2.55. The largest absolute Gasteiger partial charge is 0.466 e. The number of hydrogen-bond acceptors (Lipinski definition) is 8. The number of ether oxygens (including phenoxy) is 4. The SMILES string of the molecule is COC(=O)[C@@]1(Cl)C[C@H](C)[C@@H](CC(C)=O)[C@H]([C@H](C)[C@@H](COC(C)=O)OC(C)=O)O1. The van der Waals surface area contributed by atoms with Gasteiger partial charge in [0.15, 0.2) is 0 Å². The van der Waals surface area contributed by atoms with Crippen molar-refractivity contribution in [3.05, 3.63) is 0 Å². The average molecular weight is 421 g/mol. The van der Waals surface area contributed by atoms with Crippen molar-refractivity contribution in [1.29, 1.82) is 0 Å². The highest BCUT2D eigenvalue weighted by molar-refractivity contribution is 6.32. The van der Waals surface area contributed by atoms with Crippen molar-refractivity contribution in [1.82, 2.24) is 0 Å². The average Bonchev–Trinajstić information content (AvgIpc) is 2.58. The maximum absolute atomic E-state index is 12.2. The van der Waals surface area contributed by atoms with Crippen LogP contribution in [0, 0.1) is 17.8 Å². The molecule has 0 spiro atoms. The van der Waals surface area contributed by atoms with Gasteiger partial charge >= 0.3 is 17.9 Å². The van der Waals surface area contributed by atoms with Crippen LogP contribution in [0.2, 0.25) is 0 Å². The molecule has 1 rings (SSSR count). The van der Waals surface area contributed by atoms with Crippen molar-refractivity contribution in [2.75, 3.05) is 13.7 Å². The molecule has 0 aromatic carbocycles. The number of carbonyl (C=O) groups is 4. The summed E-state index contributed by atoms with van der Waals surface area (Å²) in [5.74, 6) is -2.78. The molecule has 1 saturated heterocycles. The number of rotatable bonds is 8. The van der Waals surface area contributed by atoms with Gasteiger partial charge in [-0.25, -0.2) is 4.79 Å². The van der Waals surface area contributed by atoms with E-state index in [9.17, 15) is 19.2 Å². The number of halogens is 1. The van der Waals surface area contributed by atoms with Crippen LogP contribution < -0.4 is 0 Å². The van der Waals surface area contributed by atoms with Crippen molar-refractivity contribution in [2.24, 2.45) is 17.8 Å². The van der Waals surface area contributed by atoms with Gasteiger partial charge in [0.2, 0.25) is 5.06 Å². The van der Waals surface area contributed by atoms with Crippen LogP contribution in [0.25, 0.3) is 0 Å². The molecule has 1 aliphatic rings. The molecule has 0 N–H and O–H groups in total. The Balaban J connectivity index is 3.21. The second kappa shape index (κ2) is 10.2. The number of ketones is 1. The normalized spacial score (nSPS) is 29.3. The second-order valence-electron chi connectivity index (χ2n) is 7.36. The maximum Gasteiger partial charge on any atom is 0.354 e. The van der Waals surface area contributed by atoms with Gasteiger partial charge in [-0.3, -0.25) is 9.59 Å². The van der Waals surface area contributed by atoms with Crippen molar-refractivity contribution < 1.29 is 38.1 Å². The van der Waals surface area contributed by atoms with Gasteiger partial charge in [0, 0.05) is 32.6 Å². The Labute approximate surface area is 170 Å². The molecule has 8 nitrogen and oxygen atoms in total. The van der Waals surface area contributed by atoms with Gasteiger partial charge in [-0.1, -0.05) is 25.4 Å². The summed E-state index contributed by atoms with van der Waals surface area (Å²) in [4.78, 5) is 46.7. The Morgan fingerprint density at radius 2 is 1.79 bits per heavy atom. The first-order chi connectivity index (χ1) is 12.9. The van der Waals surface area contributed by atoms with Crippen LogP contribution in [0.3, 0.4) is 0 Å². The minimum Gasteiger partial charge on any atom is -0.466 e. The lowest BCUT2D eigenvalue weighted by Gasteiger charge is -2.46. The molecule has 0 bridgehead atoms. The van der Waals surface area contributed by atoms with Crippen molar-refractivity contribution in [2.45, 2.75) is 64.7 Å². The van der Waals surface area contributed by atoms with Gasteiger partial charge in [-0.15, -0.1) is 0 Å².